The van der Waals surface area contributed by atoms with Crippen LogP contribution in [0.5, 0.6) is 0 Å². The molecule has 1 aromatic rings. The highest BCUT2D eigenvalue weighted by Crippen LogP contribution is 2.48. The molecule has 1 aromatic carbocycles. The van der Waals surface area contributed by atoms with Crippen LogP contribution >= 0.6 is 0 Å². The molecule has 1 heterocycles. The molecule has 1 saturated heterocycles. The zero-order valence-electron chi connectivity index (χ0n) is 14.9. The Bertz CT molecular complexity index is 853. The summed E-state index contributed by atoms with van der Waals surface area (Å²) in [7, 11) is -4.07. The molecule has 2 N–H and O–H groups in total. The van der Waals surface area contributed by atoms with Gasteiger partial charge in [0.15, 0.2) is 0 Å². The molecule has 2 saturated carbocycles. The van der Waals surface area contributed by atoms with Gasteiger partial charge in [-0.3, -0.25) is 4.79 Å². The molecule has 0 radical (unpaired) electrons. The minimum atomic E-state index is -4.07. The average molecular weight is 399 g/mol. The molecular weight excluding hydrogens is 376 g/mol. The summed E-state index contributed by atoms with van der Waals surface area (Å²) in [5.41, 5.74) is 6.25. The maximum absolute atomic E-state index is 13.9. The zero-order valence-corrected chi connectivity index (χ0v) is 15.7. The Morgan fingerprint density at radius 2 is 1.74 bits per heavy atom. The fraction of sp³-hybridized carbons (Fsp3) is 0.611. The normalized spacial score (nSPS) is 31.4. The molecule has 1 amide bonds. The van der Waals surface area contributed by atoms with Gasteiger partial charge in [-0.05, 0) is 43.2 Å². The number of amides is 1. The van der Waals surface area contributed by atoms with Crippen molar-refractivity contribution in [3.63, 3.8) is 0 Å². The summed E-state index contributed by atoms with van der Waals surface area (Å²) in [5, 5.41) is 0. The fourth-order valence-corrected chi connectivity index (χ4v) is 6.35. The number of nitrogens with zero attached hydrogens (tertiary/aromatic N) is 2. The summed E-state index contributed by atoms with van der Waals surface area (Å²) in [6, 6.07) is 2.31. The molecule has 0 aromatic heterocycles. The first-order valence-electron chi connectivity index (χ1n) is 9.28. The highest BCUT2D eigenvalue weighted by molar-refractivity contribution is 7.89. The van der Waals surface area contributed by atoms with Gasteiger partial charge in [-0.25, -0.2) is 17.2 Å². The zero-order chi connectivity index (χ0) is 19.3. The van der Waals surface area contributed by atoms with Gasteiger partial charge in [0.05, 0.1) is 5.92 Å². The Kier molecular flexibility index (Phi) is 4.72. The van der Waals surface area contributed by atoms with Crippen molar-refractivity contribution in [1.82, 2.24) is 9.21 Å². The summed E-state index contributed by atoms with van der Waals surface area (Å²) in [6.07, 6.45) is 3.13. The van der Waals surface area contributed by atoms with Crippen LogP contribution < -0.4 is 5.73 Å². The second-order valence-electron chi connectivity index (χ2n) is 7.74. The predicted octanol–water partition coefficient (Wildman–Crippen LogP) is 1.17. The van der Waals surface area contributed by atoms with Gasteiger partial charge < -0.3 is 10.6 Å². The summed E-state index contributed by atoms with van der Waals surface area (Å²) in [4.78, 5) is 14.0. The number of piperazine rings is 1. The van der Waals surface area contributed by atoms with Gasteiger partial charge in [-0.1, -0.05) is 0 Å². The molecule has 2 bridgehead atoms. The van der Waals surface area contributed by atoms with Crippen molar-refractivity contribution < 1.29 is 22.0 Å². The number of benzene rings is 1. The van der Waals surface area contributed by atoms with Gasteiger partial charge in [0.25, 0.3) is 0 Å². The van der Waals surface area contributed by atoms with E-state index in [1.54, 1.807) is 4.90 Å². The molecule has 4 unspecified atom stereocenters. The smallest absolute Gasteiger partial charge is 0.246 e. The first-order chi connectivity index (χ1) is 12.8. The Labute approximate surface area is 157 Å². The van der Waals surface area contributed by atoms with E-state index in [0.29, 0.717) is 17.9 Å². The molecule has 4 atom stereocenters. The highest BCUT2D eigenvalue weighted by Gasteiger charge is 2.50. The molecule has 9 heteroatoms. The fourth-order valence-electron chi connectivity index (χ4n) is 4.89. The third-order valence-electron chi connectivity index (χ3n) is 6.33. The van der Waals surface area contributed by atoms with E-state index in [1.165, 1.54) is 0 Å². The van der Waals surface area contributed by atoms with Gasteiger partial charge in [0, 0.05) is 38.3 Å². The van der Waals surface area contributed by atoms with Gasteiger partial charge >= 0.3 is 0 Å². The average Bonchev–Trinajstić information content (AvgIpc) is 3.22. The second-order valence-corrected chi connectivity index (χ2v) is 9.65. The third-order valence-corrected chi connectivity index (χ3v) is 8.26. The van der Waals surface area contributed by atoms with Crippen LogP contribution in [0.15, 0.2) is 23.1 Å². The van der Waals surface area contributed by atoms with Crippen LogP contribution in [0.2, 0.25) is 0 Å². The van der Waals surface area contributed by atoms with Crippen LogP contribution in [-0.2, 0) is 14.8 Å². The first kappa shape index (κ1) is 18.8. The van der Waals surface area contributed by atoms with E-state index in [4.69, 9.17) is 5.73 Å². The largest absolute Gasteiger partial charge is 0.340 e. The van der Waals surface area contributed by atoms with Crippen LogP contribution in [0.3, 0.4) is 0 Å². The summed E-state index contributed by atoms with van der Waals surface area (Å²) in [5.74, 6) is -1.33. The minimum absolute atomic E-state index is 0.0136. The lowest BCUT2D eigenvalue weighted by atomic mass is 9.84. The van der Waals surface area contributed by atoms with Gasteiger partial charge in [-0.2, -0.15) is 4.31 Å². The quantitative estimate of drug-likeness (QED) is 0.827. The number of fused-ring (bicyclic) bond motifs is 2. The maximum Gasteiger partial charge on any atom is 0.246 e. The van der Waals surface area contributed by atoms with Crippen LogP contribution in [0.25, 0.3) is 0 Å². The highest BCUT2D eigenvalue weighted by atomic mass is 32.2. The minimum Gasteiger partial charge on any atom is -0.340 e. The van der Waals surface area contributed by atoms with E-state index in [1.807, 2.05) is 0 Å². The molecule has 4 rings (SSSR count). The number of carbonyl (C=O) groups excluding carboxylic acids is 1. The van der Waals surface area contributed by atoms with Crippen LogP contribution in [0.1, 0.15) is 19.3 Å². The molecule has 3 aliphatic rings. The molecular formula is C18H23F2N3O3S. The first-order valence-corrected chi connectivity index (χ1v) is 10.7. The topological polar surface area (TPSA) is 83.7 Å². The number of nitrogens with two attached hydrogens (primary N) is 1. The number of hydrogen-bond acceptors (Lipinski definition) is 4. The van der Waals surface area contributed by atoms with E-state index in [-0.39, 0.29) is 44.0 Å². The number of sulfonamides is 1. The molecule has 6 nitrogen and oxygen atoms in total. The van der Waals surface area contributed by atoms with Crippen molar-refractivity contribution >= 4 is 15.9 Å². The van der Waals surface area contributed by atoms with Gasteiger partial charge in [-0.15, -0.1) is 0 Å². The number of hydrogen-bond donors (Lipinski definition) is 1. The van der Waals surface area contributed by atoms with Crippen molar-refractivity contribution in [2.24, 2.45) is 23.5 Å². The standard InChI is InChI=1S/C18H23F2N3O3S/c19-13-3-4-15(14(20)10-13)27(25,26)23-7-5-22(6-8-23)18(24)16-11-1-2-12(9-11)17(16)21/h3-4,10-12,16-17H,1-2,5-9,21H2. The van der Waals surface area contributed by atoms with Crippen molar-refractivity contribution in [2.45, 2.75) is 30.2 Å². The van der Waals surface area contributed by atoms with Gasteiger partial charge in [0.2, 0.25) is 15.9 Å². The molecule has 27 heavy (non-hydrogen) atoms. The summed E-state index contributed by atoms with van der Waals surface area (Å²) >= 11 is 0. The summed E-state index contributed by atoms with van der Waals surface area (Å²) in [6.45, 7) is 0.671. The van der Waals surface area contributed by atoms with Gasteiger partial charge in [0.1, 0.15) is 16.5 Å². The number of halogens is 2. The lowest BCUT2D eigenvalue weighted by molar-refractivity contribution is -0.139. The molecule has 148 valence electrons. The lowest BCUT2D eigenvalue weighted by Gasteiger charge is -2.38. The SMILES string of the molecule is NC1C2CCC(C2)C1C(=O)N1CCN(S(=O)(=O)c2ccc(F)cc2F)CC1. The molecule has 2 aliphatic carbocycles. The van der Waals surface area contributed by atoms with Crippen LogP contribution in [0, 0.1) is 29.4 Å². The Morgan fingerprint density at radius 1 is 1.07 bits per heavy atom. The Morgan fingerprint density at radius 3 is 2.33 bits per heavy atom. The number of rotatable bonds is 3. The van der Waals surface area contributed by atoms with E-state index in [2.05, 4.69) is 0 Å². The lowest BCUT2D eigenvalue weighted by Crippen LogP contribution is -2.54. The van der Waals surface area contributed by atoms with Crippen molar-refractivity contribution in [3.05, 3.63) is 29.8 Å². The molecule has 1 aliphatic heterocycles. The summed E-state index contributed by atoms with van der Waals surface area (Å²) < 4.78 is 53.4. The van der Waals surface area contributed by atoms with E-state index >= 15 is 0 Å². The monoisotopic (exact) mass is 399 g/mol. The van der Waals surface area contributed by atoms with Crippen molar-refractivity contribution in [1.29, 1.82) is 0 Å². The molecule has 3 fully saturated rings. The second kappa shape index (κ2) is 6.79. The third kappa shape index (κ3) is 3.15. The van der Waals surface area contributed by atoms with E-state index < -0.39 is 26.6 Å². The van der Waals surface area contributed by atoms with Crippen LogP contribution in [-0.4, -0.2) is 55.8 Å². The Hall–Kier alpha value is -1.58. The van der Waals surface area contributed by atoms with Crippen molar-refractivity contribution in [3.8, 4) is 0 Å². The van der Waals surface area contributed by atoms with E-state index in [0.717, 1.165) is 35.7 Å². The van der Waals surface area contributed by atoms with Crippen molar-refractivity contribution in [2.75, 3.05) is 26.2 Å². The Balaban J connectivity index is 1.43. The van der Waals surface area contributed by atoms with E-state index in [9.17, 15) is 22.0 Å². The predicted molar refractivity (Wildman–Crippen MR) is 94.0 cm³/mol. The number of carbonyl (C=O) groups is 1. The van der Waals surface area contributed by atoms with Crippen LogP contribution in [0.4, 0.5) is 8.78 Å². The molecule has 0 spiro atoms. The maximum atomic E-state index is 13.9.